The normalized spacial score (nSPS) is 11.7. The lowest BCUT2D eigenvalue weighted by atomic mass is 10.0. The van der Waals surface area contributed by atoms with E-state index in [9.17, 15) is 18.0 Å². The van der Waals surface area contributed by atoms with Crippen LogP contribution in [0.1, 0.15) is 15.9 Å². The van der Waals surface area contributed by atoms with Gasteiger partial charge in [0.05, 0.1) is 0 Å². The van der Waals surface area contributed by atoms with Crippen LogP contribution in [0.2, 0.25) is 5.02 Å². The van der Waals surface area contributed by atoms with Crippen LogP contribution in [0.5, 0.6) is 5.75 Å². The van der Waals surface area contributed by atoms with Gasteiger partial charge in [-0.1, -0.05) is 11.6 Å². The second-order valence-electron chi connectivity index (χ2n) is 5.15. The quantitative estimate of drug-likeness (QED) is 0.510. The van der Waals surface area contributed by atoms with Crippen molar-refractivity contribution in [2.24, 2.45) is 0 Å². The largest absolute Gasteiger partial charge is 0.573 e. The summed E-state index contributed by atoms with van der Waals surface area (Å²) < 4.78 is 42.4. The van der Waals surface area contributed by atoms with Crippen molar-refractivity contribution in [1.29, 1.82) is 0 Å². The summed E-state index contributed by atoms with van der Waals surface area (Å²) in [7, 11) is 0. The number of hydrogen-bond donors (Lipinski definition) is 0. The van der Waals surface area contributed by atoms with Crippen molar-refractivity contribution in [1.82, 2.24) is 0 Å². The maximum atomic E-state index is 12.5. The Labute approximate surface area is 144 Å². The molecule has 0 spiro atoms. The van der Waals surface area contributed by atoms with Crippen molar-refractivity contribution < 1.29 is 22.7 Å². The molecule has 0 saturated heterocycles. The highest BCUT2D eigenvalue weighted by Crippen LogP contribution is 2.40. The third-order valence-corrected chi connectivity index (χ3v) is 5.02. The Morgan fingerprint density at radius 1 is 1.17 bits per heavy atom. The van der Waals surface area contributed by atoms with Gasteiger partial charge >= 0.3 is 6.36 Å². The zero-order valence-electron chi connectivity index (χ0n) is 12.3. The van der Waals surface area contributed by atoms with E-state index in [1.54, 1.807) is 6.07 Å². The monoisotopic (exact) mass is 370 g/mol. The number of hydrogen-bond acceptors (Lipinski definition) is 3. The van der Waals surface area contributed by atoms with Crippen molar-refractivity contribution in [3.8, 4) is 16.2 Å². The molecule has 0 fully saturated rings. The molecule has 0 amide bonds. The molecular formula is C17H10ClF3O2S. The molecule has 7 heteroatoms. The fourth-order valence-electron chi connectivity index (χ4n) is 2.48. The van der Waals surface area contributed by atoms with Crippen molar-refractivity contribution >= 4 is 39.3 Å². The number of aryl methyl sites for hydroxylation is 1. The molecule has 2 aromatic carbocycles. The number of benzene rings is 2. The minimum atomic E-state index is -4.82. The molecule has 0 radical (unpaired) electrons. The van der Waals surface area contributed by atoms with Crippen LogP contribution in [0.4, 0.5) is 13.2 Å². The summed E-state index contributed by atoms with van der Waals surface area (Å²) in [5.74, 6) is -0.419. The molecule has 24 heavy (non-hydrogen) atoms. The molecule has 0 aliphatic rings. The van der Waals surface area contributed by atoms with E-state index < -0.39 is 12.1 Å². The summed E-state index contributed by atoms with van der Waals surface area (Å²) in [5.41, 5.74) is 1.49. The fraction of sp³-hybridized carbons (Fsp3) is 0.118. The topological polar surface area (TPSA) is 26.3 Å². The van der Waals surface area contributed by atoms with Crippen LogP contribution in [0.25, 0.3) is 20.5 Å². The highest BCUT2D eigenvalue weighted by atomic mass is 35.5. The van der Waals surface area contributed by atoms with E-state index in [-0.39, 0.29) is 5.56 Å². The van der Waals surface area contributed by atoms with E-state index in [0.717, 1.165) is 26.6 Å². The van der Waals surface area contributed by atoms with Crippen LogP contribution >= 0.6 is 22.9 Å². The summed E-state index contributed by atoms with van der Waals surface area (Å²) >= 11 is 7.42. The van der Waals surface area contributed by atoms with Gasteiger partial charge in [-0.05, 0) is 59.8 Å². The SMILES string of the molecule is Cc1c(-c2cc(C=O)cc(OC(F)(F)F)c2)sc2ccc(Cl)cc12. The number of thiophene rings is 1. The van der Waals surface area contributed by atoms with Crippen LogP contribution in [-0.2, 0) is 0 Å². The number of fused-ring (bicyclic) bond motifs is 1. The average Bonchev–Trinajstić information content (AvgIpc) is 2.82. The van der Waals surface area contributed by atoms with Gasteiger partial charge in [0, 0.05) is 20.2 Å². The minimum Gasteiger partial charge on any atom is -0.406 e. The summed E-state index contributed by atoms with van der Waals surface area (Å²) in [6.07, 6.45) is -4.33. The van der Waals surface area contributed by atoms with Crippen molar-refractivity contribution in [2.75, 3.05) is 0 Å². The summed E-state index contributed by atoms with van der Waals surface area (Å²) in [6, 6.07) is 9.29. The Morgan fingerprint density at radius 2 is 1.92 bits per heavy atom. The Kier molecular flexibility index (Phi) is 4.27. The van der Waals surface area contributed by atoms with E-state index in [2.05, 4.69) is 4.74 Å². The number of carbonyl (C=O) groups excluding carboxylic acids is 1. The number of halogens is 4. The van der Waals surface area contributed by atoms with E-state index >= 15 is 0 Å². The standard InChI is InChI=1S/C17H10ClF3O2S/c1-9-14-7-12(18)2-3-15(14)24-16(9)11-4-10(8-22)5-13(6-11)23-17(19,20)21/h2-8H,1H3. The lowest BCUT2D eigenvalue weighted by Crippen LogP contribution is -2.17. The summed E-state index contributed by atoms with van der Waals surface area (Å²) in [6.45, 7) is 1.86. The summed E-state index contributed by atoms with van der Waals surface area (Å²) in [4.78, 5) is 11.8. The lowest BCUT2D eigenvalue weighted by Gasteiger charge is -2.11. The first-order valence-corrected chi connectivity index (χ1v) is 8.01. The third kappa shape index (κ3) is 3.39. The van der Waals surface area contributed by atoms with Crippen molar-refractivity contribution in [3.63, 3.8) is 0 Å². The van der Waals surface area contributed by atoms with Crippen LogP contribution in [0.15, 0.2) is 36.4 Å². The predicted molar refractivity (Wildman–Crippen MR) is 89.1 cm³/mol. The molecular weight excluding hydrogens is 361 g/mol. The van der Waals surface area contributed by atoms with Gasteiger partial charge in [0.15, 0.2) is 0 Å². The molecule has 3 aromatic rings. The zero-order valence-corrected chi connectivity index (χ0v) is 13.9. The molecule has 3 rings (SSSR count). The lowest BCUT2D eigenvalue weighted by molar-refractivity contribution is -0.274. The highest BCUT2D eigenvalue weighted by Gasteiger charge is 2.31. The summed E-state index contributed by atoms with van der Waals surface area (Å²) in [5, 5.41) is 1.51. The van der Waals surface area contributed by atoms with Crippen molar-refractivity contribution in [3.05, 3.63) is 52.5 Å². The number of aldehydes is 1. The second-order valence-corrected chi connectivity index (χ2v) is 6.64. The molecule has 0 bridgehead atoms. The number of alkyl halides is 3. The second kappa shape index (κ2) is 6.11. The van der Waals surface area contributed by atoms with Gasteiger partial charge in [0.2, 0.25) is 0 Å². The Balaban J connectivity index is 2.16. The van der Waals surface area contributed by atoms with Crippen LogP contribution < -0.4 is 4.74 Å². The molecule has 0 saturated carbocycles. The molecule has 0 aliphatic carbocycles. The van der Waals surface area contributed by atoms with Crippen LogP contribution in [0.3, 0.4) is 0 Å². The molecule has 0 unspecified atom stereocenters. The first kappa shape index (κ1) is 16.8. The van der Waals surface area contributed by atoms with E-state index in [0.29, 0.717) is 16.9 Å². The maximum absolute atomic E-state index is 12.5. The number of rotatable bonds is 3. The third-order valence-electron chi connectivity index (χ3n) is 3.46. The van der Waals surface area contributed by atoms with E-state index in [1.165, 1.54) is 23.5 Å². The number of carbonyl (C=O) groups is 1. The fourth-order valence-corrected chi connectivity index (χ4v) is 3.83. The predicted octanol–water partition coefficient (Wildman–Crippen LogP) is 6.24. The molecule has 1 aromatic heterocycles. The average molecular weight is 371 g/mol. The first-order chi connectivity index (χ1) is 11.3. The maximum Gasteiger partial charge on any atom is 0.573 e. The van der Waals surface area contributed by atoms with Crippen molar-refractivity contribution in [2.45, 2.75) is 13.3 Å². The van der Waals surface area contributed by atoms with E-state index in [1.807, 2.05) is 19.1 Å². The van der Waals surface area contributed by atoms with Gasteiger partial charge < -0.3 is 4.74 Å². The van der Waals surface area contributed by atoms with Gasteiger partial charge in [-0.2, -0.15) is 0 Å². The van der Waals surface area contributed by atoms with Crippen LogP contribution in [0, 0.1) is 6.92 Å². The molecule has 1 heterocycles. The molecule has 2 nitrogen and oxygen atoms in total. The van der Waals surface area contributed by atoms with Gasteiger partial charge in [-0.3, -0.25) is 4.79 Å². The Bertz CT molecular complexity index is 931. The Morgan fingerprint density at radius 3 is 2.58 bits per heavy atom. The van der Waals surface area contributed by atoms with Gasteiger partial charge in [0.1, 0.15) is 12.0 Å². The van der Waals surface area contributed by atoms with Gasteiger partial charge in [-0.15, -0.1) is 24.5 Å². The number of ether oxygens (including phenoxy) is 1. The smallest absolute Gasteiger partial charge is 0.406 e. The minimum absolute atomic E-state index is 0.113. The first-order valence-electron chi connectivity index (χ1n) is 6.82. The van der Waals surface area contributed by atoms with Crippen LogP contribution in [-0.4, -0.2) is 12.6 Å². The highest BCUT2D eigenvalue weighted by molar-refractivity contribution is 7.22. The molecule has 0 atom stereocenters. The van der Waals surface area contributed by atoms with Gasteiger partial charge in [-0.25, -0.2) is 0 Å². The Hall–Kier alpha value is -2.05. The molecule has 0 N–H and O–H groups in total. The molecule has 124 valence electrons. The van der Waals surface area contributed by atoms with E-state index in [4.69, 9.17) is 11.6 Å². The van der Waals surface area contributed by atoms with Gasteiger partial charge in [0.25, 0.3) is 0 Å². The molecule has 0 aliphatic heterocycles. The zero-order chi connectivity index (χ0) is 17.5.